The van der Waals surface area contributed by atoms with Crippen molar-refractivity contribution in [2.75, 3.05) is 6.61 Å². The quantitative estimate of drug-likeness (QED) is 0.354. The fraction of sp³-hybridized carbons (Fsp3) is 0.500. The molecule has 6 nitrogen and oxygen atoms in total. The zero-order chi connectivity index (χ0) is 9.73. The number of H-pyrrole nitrogens is 1. The van der Waals surface area contributed by atoms with E-state index < -0.39 is 7.82 Å². The molecule has 7 heteroatoms. The smallest absolute Gasteiger partial charge is 0.303 e. The largest absolute Gasteiger partial charge is 0.469 e. The Morgan fingerprint density at radius 1 is 1.54 bits per heavy atom. The first-order valence-electron chi connectivity index (χ1n) is 3.80. The Morgan fingerprint density at radius 3 is 2.85 bits per heavy atom. The van der Waals surface area contributed by atoms with Crippen LogP contribution >= 0.6 is 7.82 Å². The number of aromatic nitrogens is 2. The van der Waals surface area contributed by atoms with Gasteiger partial charge in [0.05, 0.1) is 13.2 Å². The van der Waals surface area contributed by atoms with Crippen LogP contribution in [0.2, 0.25) is 0 Å². The zero-order valence-electron chi connectivity index (χ0n) is 6.96. The fourth-order valence-electron chi connectivity index (χ4n) is 0.890. The second kappa shape index (κ2) is 4.53. The highest BCUT2D eigenvalue weighted by atomic mass is 31.2. The average Bonchev–Trinajstić information content (AvgIpc) is 2.48. The van der Waals surface area contributed by atoms with Crippen molar-refractivity contribution in [3.8, 4) is 0 Å². The lowest BCUT2D eigenvalue weighted by molar-refractivity contribution is -0.696. The van der Waals surface area contributed by atoms with Crippen LogP contribution in [0.4, 0.5) is 0 Å². The Labute approximate surface area is 75.4 Å². The first-order valence-corrected chi connectivity index (χ1v) is 5.33. The van der Waals surface area contributed by atoms with Crippen LogP contribution < -0.4 is 4.57 Å². The third-order valence-electron chi connectivity index (χ3n) is 1.42. The molecular weight excluding hydrogens is 195 g/mol. The molecule has 0 unspecified atom stereocenters. The van der Waals surface area contributed by atoms with Crippen LogP contribution in [0.15, 0.2) is 18.7 Å². The molecular formula is C6H12N2O4P+. The second-order valence-electron chi connectivity index (χ2n) is 2.53. The van der Waals surface area contributed by atoms with E-state index in [-0.39, 0.29) is 6.61 Å². The highest BCUT2D eigenvalue weighted by Gasteiger charge is 2.12. The summed E-state index contributed by atoms with van der Waals surface area (Å²) in [5.41, 5.74) is 0. The number of aryl methyl sites for hydroxylation is 1. The summed E-state index contributed by atoms with van der Waals surface area (Å²) in [6, 6.07) is 0. The summed E-state index contributed by atoms with van der Waals surface area (Å²) in [7, 11) is -4.29. The van der Waals surface area contributed by atoms with Crippen LogP contribution in [0.1, 0.15) is 6.42 Å². The summed E-state index contributed by atoms with van der Waals surface area (Å²) in [5.74, 6) is 0. The van der Waals surface area contributed by atoms with Gasteiger partial charge in [-0.25, -0.2) is 9.13 Å². The molecule has 0 saturated heterocycles. The van der Waals surface area contributed by atoms with Gasteiger partial charge in [-0.1, -0.05) is 0 Å². The summed E-state index contributed by atoms with van der Waals surface area (Å²) >= 11 is 0. The second-order valence-corrected chi connectivity index (χ2v) is 3.77. The molecule has 0 spiro atoms. The molecule has 0 aliphatic carbocycles. The van der Waals surface area contributed by atoms with E-state index in [1.807, 2.05) is 10.8 Å². The van der Waals surface area contributed by atoms with E-state index in [2.05, 4.69) is 9.51 Å². The number of phosphoric acid groups is 1. The van der Waals surface area contributed by atoms with Crippen LogP contribution in [0, 0.1) is 0 Å². The predicted molar refractivity (Wildman–Crippen MR) is 43.6 cm³/mol. The molecule has 1 rings (SSSR count). The lowest BCUT2D eigenvalue weighted by Gasteiger charge is -2.02. The van der Waals surface area contributed by atoms with Crippen LogP contribution in [-0.2, 0) is 15.6 Å². The van der Waals surface area contributed by atoms with Crippen molar-refractivity contribution in [2.24, 2.45) is 0 Å². The van der Waals surface area contributed by atoms with E-state index in [0.717, 1.165) is 0 Å². The summed E-state index contributed by atoms with van der Waals surface area (Å²) in [6.07, 6.45) is 5.92. The monoisotopic (exact) mass is 207 g/mol. The fourth-order valence-corrected chi connectivity index (χ4v) is 1.26. The predicted octanol–water partition coefficient (Wildman–Crippen LogP) is -0.198. The number of hydrogen-bond donors (Lipinski definition) is 3. The minimum atomic E-state index is -4.29. The summed E-state index contributed by atoms with van der Waals surface area (Å²) in [6.45, 7) is 0.728. The van der Waals surface area contributed by atoms with E-state index in [1.165, 1.54) is 0 Å². The molecule has 0 atom stereocenters. The lowest BCUT2D eigenvalue weighted by atomic mass is 10.4. The van der Waals surface area contributed by atoms with Crippen LogP contribution in [-0.4, -0.2) is 21.4 Å². The standard InChI is InChI=1S/C6H11N2O4P/c9-13(10,11)12-5-1-3-8-4-2-7-6-8/h2,4,6H,1,3,5H2,(H2,9,10,11)/p+1. The van der Waals surface area contributed by atoms with Gasteiger partial charge in [0.2, 0.25) is 6.33 Å². The van der Waals surface area contributed by atoms with Gasteiger partial charge in [0.15, 0.2) is 0 Å². The number of nitrogens with one attached hydrogen (secondary N) is 1. The maximum atomic E-state index is 10.3. The van der Waals surface area contributed by atoms with Crippen molar-refractivity contribution < 1.29 is 23.4 Å². The zero-order valence-corrected chi connectivity index (χ0v) is 7.85. The highest BCUT2D eigenvalue weighted by molar-refractivity contribution is 7.46. The van der Waals surface area contributed by atoms with E-state index in [1.54, 1.807) is 12.5 Å². The molecule has 0 saturated carbocycles. The SMILES string of the molecule is O=P(O)(O)OCCC[n+]1cc[nH]c1. The van der Waals surface area contributed by atoms with Crippen LogP contribution in [0.3, 0.4) is 0 Å². The van der Waals surface area contributed by atoms with Crippen LogP contribution in [0.25, 0.3) is 0 Å². The number of hydrogen-bond acceptors (Lipinski definition) is 2. The number of imidazole rings is 1. The minimum Gasteiger partial charge on any atom is -0.303 e. The maximum Gasteiger partial charge on any atom is 0.469 e. The molecule has 0 aliphatic heterocycles. The molecule has 1 heterocycles. The van der Waals surface area contributed by atoms with Gasteiger partial charge in [0, 0.05) is 6.42 Å². The van der Waals surface area contributed by atoms with Gasteiger partial charge in [-0.15, -0.1) is 0 Å². The van der Waals surface area contributed by atoms with E-state index in [0.29, 0.717) is 13.0 Å². The van der Waals surface area contributed by atoms with E-state index in [4.69, 9.17) is 9.79 Å². The van der Waals surface area contributed by atoms with Crippen molar-refractivity contribution in [2.45, 2.75) is 13.0 Å². The molecule has 0 fully saturated rings. The van der Waals surface area contributed by atoms with Crippen molar-refractivity contribution >= 4 is 7.82 Å². The average molecular weight is 207 g/mol. The molecule has 1 aromatic heterocycles. The molecule has 3 N–H and O–H groups in total. The van der Waals surface area contributed by atoms with Crippen molar-refractivity contribution in [3.63, 3.8) is 0 Å². The normalized spacial score (nSPS) is 11.8. The Kier molecular flexibility index (Phi) is 3.62. The third kappa shape index (κ3) is 4.80. The first-order chi connectivity index (χ1) is 6.08. The third-order valence-corrected chi connectivity index (χ3v) is 1.94. The topological polar surface area (TPSA) is 86.4 Å². The molecule has 0 aromatic carbocycles. The lowest BCUT2D eigenvalue weighted by Crippen LogP contribution is -2.30. The van der Waals surface area contributed by atoms with Gasteiger partial charge >= 0.3 is 7.82 Å². The minimum absolute atomic E-state index is 0.0580. The molecule has 74 valence electrons. The van der Waals surface area contributed by atoms with Gasteiger partial charge in [0.1, 0.15) is 12.4 Å². The number of phosphoric ester groups is 1. The van der Waals surface area contributed by atoms with Gasteiger partial charge in [-0.05, 0) is 0 Å². The molecule has 0 radical (unpaired) electrons. The van der Waals surface area contributed by atoms with Crippen molar-refractivity contribution in [3.05, 3.63) is 18.7 Å². The number of nitrogens with zero attached hydrogens (tertiary/aromatic N) is 1. The Balaban J connectivity index is 2.12. The molecule has 0 amide bonds. The number of rotatable bonds is 5. The van der Waals surface area contributed by atoms with Gasteiger partial charge < -0.3 is 9.79 Å². The molecule has 1 aromatic rings. The summed E-state index contributed by atoms with van der Waals surface area (Å²) < 4.78 is 16.4. The van der Waals surface area contributed by atoms with Gasteiger partial charge in [0.25, 0.3) is 0 Å². The van der Waals surface area contributed by atoms with Gasteiger partial charge in [-0.2, -0.15) is 0 Å². The van der Waals surface area contributed by atoms with Crippen molar-refractivity contribution in [1.82, 2.24) is 4.98 Å². The first kappa shape index (κ1) is 10.4. The molecule has 0 bridgehead atoms. The van der Waals surface area contributed by atoms with Crippen LogP contribution in [0.5, 0.6) is 0 Å². The Hall–Kier alpha value is -0.680. The number of aromatic amines is 1. The Morgan fingerprint density at radius 2 is 2.31 bits per heavy atom. The van der Waals surface area contributed by atoms with E-state index in [9.17, 15) is 4.57 Å². The van der Waals surface area contributed by atoms with E-state index >= 15 is 0 Å². The highest BCUT2D eigenvalue weighted by Crippen LogP contribution is 2.35. The maximum absolute atomic E-state index is 10.3. The van der Waals surface area contributed by atoms with Gasteiger partial charge in [-0.3, -0.25) is 9.51 Å². The molecule has 13 heavy (non-hydrogen) atoms. The summed E-state index contributed by atoms with van der Waals surface area (Å²) in [5, 5.41) is 0. The Bertz CT molecular complexity index is 281. The molecule has 0 aliphatic rings. The summed E-state index contributed by atoms with van der Waals surface area (Å²) in [4.78, 5) is 19.6. The van der Waals surface area contributed by atoms with Crippen molar-refractivity contribution in [1.29, 1.82) is 0 Å².